The molecule has 0 atom stereocenters. The third-order valence-corrected chi connectivity index (χ3v) is 4.49. The fraction of sp³-hybridized carbons (Fsp3) is 0. The Labute approximate surface area is 188 Å². The molecule has 0 radical (unpaired) electrons. The van der Waals surface area contributed by atoms with Crippen molar-refractivity contribution in [2.75, 3.05) is 5.32 Å². The number of nitrogens with two attached hydrogens (primary N) is 1. The number of hydrogen-bond donors (Lipinski definition) is 2. The number of pyridine rings is 1. The van der Waals surface area contributed by atoms with E-state index in [4.69, 9.17) is 10.5 Å². The van der Waals surface area contributed by atoms with Gasteiger partial charge in [-0.05, 0) is 66.2 Å². The minimum Gasteiger partial charge on any atom is -0.453 e. The molecule has 0 unspecified atom stereocenters. The van der Waals surface area contributed by atoms with Crippen molar-refractivity contribution < 1.29 is 18.7 Å². The summed E-state index contributed by atoms with van der Waals surface area (Å²) in [6.45, 7) is 0. The molecule has 0 bridgehead atoms. The molecule has 0 fully saturated rings. The molecule has 0 aliphatic heterocycles. The molecule has 2 aromatic heterocycles. The first-order chi connectivity index (χ1) is 16.0. The number of rotatable bonds is 7. The average Bonchev–Trinajstić information content (AvgIpc) is 3.31. The number of nitrogens with one attached hydrogen (secondary N) is 1. The average molecular weight is 443 g/mol. The summed E-state index contributed by atoms with van der Waals surface area (Å²) in [7, 11) is 0. The molecule has 2 amide bonds. The predicted octanol–water partition coefficient (Wildman–Crippen LogP) is 3.95. The zero-order valence-corrected chi connectivity index (χ0v) is 17.2. The SMILES string of the molecule is NC(=O)c1ccn(-c2ccc(NC(=O)/C=C/c3ccc(Oc4cccnc4)c(F)c3)cc2)n1. The summed E-state index contributed by atoms with van der Waals surface area (Å²) in [6.07, 6.45) is 7.49. The molecule has 2 heterocycles. The maximum atomic E-state index is 14.3. The Hall–Kier alpha value is -4.79. The van der Waals surface area contributed by atoms with Crippen LogP contribution in [0.25, 0.3) is 11.8 Å². The van der Waals surface area contributed by atoms with Crippen LogP contribution in [0.4, 0.5) is 10.1 Å². The highest BCUT2D eigenvalue weighted by atomic mass is 19.1. The van der Waals surface area contributed by atoms with Crippen molar-refractivity contribution in [2.24, 2.45) is 5.73 Å². The minimum absolute atomic E-state index is 0.0600. The van der Waals surface area contributed by atoms with Gasteiger partial charge in [0.1, 0.15) is 11.4 Å². The van der Waals surface area contributed by atoms with Crippen molar-refractivity contribution in [3.05, 3.63) is 102 Å². The van der Waals surface area contributed by atoms with Gasteiger partial charge in [0.15, 0.2) is 11.6 Å². The van der Waals surface area contributed by atoms with Crippen LogP contribution in [0.1, 0.15) is 16.1 Å². The Morgan fingerprint density at radius 2 is 1.91 bits per heavy atom. The number of hydrogen-bond acceptors (Lipinski definition) is 5. The lowest BCUT2D eigenvalue weighted by Gasteiger charge is -2.07. The topological polar surface area (TPSA) is 112 Å². The van der Waals surface area contributed by atoms with E-state index in [2.05, 4.69) is 15.4 Å². The summed E-state index contributed by atoms with van der Waals surface area (Å²) >= 11 is 0. The zero-order chi connectivity index (χ0) is 23.2. The maximum absolute atomic E-state index is 14.3. The molecule has 4 rings (SSSR count). The van der Waals surface area contributed by atoms with Crippen LogP contribution < -0.4 is 15.8 Å². The van der Waals surface area contributed by atoms with Crippen molar-refractivity contribution in [3.8, 4) is 17.2 Å². The van der Waals surface area contributed by atoms with Gasteiger partial charge in [0, 0.05) is 24.2 Å². The number of ether oxygens (including phenoxy) is 1. The van der Waals surface area contributed by atoms with Gasteiger partial charge >= 0.3 is 0 Å². The van der Waals surface area contributed by atoms with E-state index < -0.39 is 11.7 Å². The Kier molecular flexibility index (Phi) is 6.21. The van der Waals surface area contributed by atoms with E-state index in [9.17, 15) is 14.0 Å². The van der Waals surface area contributed by atoms with Crippen LogP contribution in [-0.4, -0.2) is 26.6 Å². The smallest absolute Gasteiger partial charge is 0.269 e. The fourth-order valence-corrected chi connectivity index (χ4v) is 2.89. The van der Waals surface area contributed by atoms with Crippen LogP contribution in [0, 0.1) is 5.82 Å². The zero-order valence-electron chi connectivity index (χ0n) is 17.2. The number of aromatic nitrogens is 3. The van der Waals surface area contributed by atoms with E-state index in [0.717, 1.165) is 0 Å². The van der Waals surface area contributed by atoms with Crippen LogP contribution in [0.3, 0.4) is 0 Å². The molecule has 8 nitrogen and oxygen atoms in total. The van der Waals surface area contributed by atoms with Crippen molar-refractivity contribution in [3.63, 3.8) is 0 Å². The molecule has 4 aromatic rings. The van der Waals surface area contributed by atoms with Gasteiger partial charge in [-0.3, -0.25) is 14.6 Å². The predicted molar refractivity (Wildman–Crippen MR) is 120 cm³/mol. The summed E-state index contributed by atoms with van der Waals surface area (Å²) in [6, 6.07) is 16.1. The number of primary amides is 1. The quantitative estimate of drug-likeness (QED) is 0.420. The molecular weight excluding hydrogens is 425 g/mol. The van der Waals surface area contributed by atoms with Crippen molar-refractivity contribution in [1.82, 2.24) is 14.8 Å². The van der Waals surface area contributed by atoms with Gasteiger partial charge in [0.25, 0.3) is 5.91 Å². The first-order valence-electron chi connectivity index (χ1n) is 9.80. The highest BCUT2D eigenvalue weighted by molar-refractivity contribution is 6.02. The van der Waals surface area contributed by atoms with Gasteiger partial charge in [-0.1, -0.05) is 6.07 Å². The van der Waals surface area contributed by atoms with Crippen LogP contribution in [0.5, 0.6) is 11.5 Å². The summed E-state index contributed by atoms with van der Waals surface area (Å²) in [4.78, 5) is 27.3. The molecule has 164 valence electrons. The number of carbonyl (C=O) groups excluding carboxylic acids is 2. The van der Waals surface area contributed by atoms with Gasteiger partial charge in [-0.25, -0.2) is 9.07 Å². The Balaban J connectivity index is 1.36. The van der Waals surface area contributed by atoms with Crippen LogP contribution >= 0.6 is 0 Å². The van der Waals surface area contributed by atoms with E-state index in [1.807, 2.05) is 0 Å². The van der Waals surface area contributed by atoms with Crippen LogP contribution in [0.2, 0.25) is 0 Å². The van der Waals surface area contributed by atoms with Crippen LogP contribution in [0.15, 0.2) is 85.3 Å². The minimum atomic E-state index is -0.611. The van der Waals surface area contributed by atoms with E-state index in [1.54, 1.807) is 54.9 Å². The third kappa shape index (κ3) is 5.47. The number of benzene rings is 2. The van der Waals surface area contributed by atoms with E-state index in [-0.39, 0.29) is 17.4 Å². The van der Waals surface area contributed by atoms with Crippen molar-refractivity contribution in [1.29, 1.82) is 0 Å². The van der Waals surface area contributed by atoms with Gasteiger partial charge in [-0.2, -0.15) is 5.10 Å². The summed E-state index contributed by atoms with van der Waals surface area (Å²) in [5.74, 6) is -1.07. The largest absolute Gasteiger partial charge is 0.453 e. The molecular formula is C24H18FN5O3. The second-order valence-electron chi connectivity index (χ2n) is 6.86. The Morgan fingerprint density at radius 3 is 2.58 bits per heavy atom. The summed E-state index contributed by atoms with van der Waals surface area (Å²) < 4.78 is 21.3. The monoisotopic (exact) mass is 443 g/mol. The molecule has 0 spiro atoms. The third-order valence-electron chi connectivity index (χ3n) is 4.49. The number of carbonyl (C=O) groups is 2. The van der Waals surface area contributed by atoms with E-state index in [1.165, 1.54) is 41.2 Å². The molecule has 2 aromatic carbocycles. The van der Waals surface area contributed by atoms with Gasteiger partial charge in [-0.15, -0.1) is 0 Å². The molecule has 0 aliphatic carbocycles. The Morgan fingerprint density at radius 1 is 1.09 bits per heavy atom. The molecule has 9 heteroatoms. The molecule has 3 N–H and O–H groups in total. The van der Waals surface area contributed by atoms with E-state index >= 15 is 0 Å². The first kappa shape index (κ1) is 21.4. The van der Waals surface area contributed by atoms with Gasteiger partial charge in [0.05, 0.1) is 11.9 Å². The van der Waals surface area contributed by atoms with Crippen molar-refractivity contribution in [2.45, 2.75) is 0 Å². The Bertz CT molecular complexity index is 1320. The molecule has 0 saturated carbocycles. The molecule has 0 saturated heterocycles. The lowest BCUT2D eigenvalue weighted by atomic mass is 10.2. The maximum Gasteiger partial charge on any atom is 0.269 e. The van der Waals surface area contributed by atoms with Gasteiger partial charge in [0.2, 0.25) is 5.91 Å². The normalized spacial score (nSPS) is 10.8. The fourth-order valence-electron chi connectivity index (χ4n) is 2.89. The van der Waals surface area contributed by atoms with Crippen LogP contribution in [-0.2, 0) is 4.79 Å². The number of halogens is 1. The summed E-state index contributed by atoms with van der Waals surface area (Å²) in [5.41, 5.74) is 7.11. The second-order valence-corrected chi connectivity index (χ2v) is 6.86. The molecule has 33 heavy (non-hydrogen) atoms. The number of anilines is 1. The first-order valence-corrected chi connectivity index (χ1v) is 9.80. The standard InChI is InChI=1S/C24H18FN5O3/c25-20-14-16(3-9-22(20)33-19-2-1-12-27-15-19)4-10-23(31)28-17-5-7-18(8-6-17)30-13-11-21(29-30)24(26)32/h1-15H,(H2,26,32)(H,28,31)/b10-4+. The molecule has 0 aliphatic rings. The lowest BCUT2D eigenvalue weighted by Crippen LogP contribution is -2.12. The van der Waals surface area contributed by atoms with E-state index in [0.29, 0.717) is 22.7 Å². The number of nitrogens with zero attached hydrogens (tertiary/aromatic N) is 3. The van der Waals surface area contributed by atoms with Crippen molar-refractivity contribution >= 4 is 23.6 Å². The highest BCUT2D eigenvalue weighted by Gasteiger charge is 2.07. The highest BCUT2D eigenvalue weighted by Crippen LogP contribution is 2.25. The second kappa shape index (κ2) is 9.56. The summed E-state index contributed by atoms with van der Waals surface area (Å²) in [5, 5.41) is 6.79. The number of amides is 2. The lowest BCUT2D eigenvalue weighted by molar-refractivity contribution is -0.111. The van der Waals surface area contributed by atoms with Gasteiger partial charge < -0.3 is 15.8 Å².